The average molecular weight is 196 g/mol. The highest BCUT2D eigenvalue weighted by atomic mass is 19.1. The molecule has 0 rings (SSSR count). The fraction of sp³-hybridized carbons (Fsp3) is 0.875. The van der Waals surface area contributed by atoms with Gasteiger partial charge in [-0.05, 0) is 6.42 Å². The van der Waals surface area contributed by atoms with Crippen molar-refractivity contribution in [2.24, 2.45) is 0 Å². The molecule has 0 bridgehead atoms. The third-order valence-electron chi connectivity index (χ3n) is 1.29. The third-order valence-corrected chi connectivity index (χ3v) is 1.29. The lowest BCUT2D eigenvalue weighted by atomic mass is 10.4. The van der Waals surface area contributed by atoms with Gasteiger partial charge in [0.2, 0.25) is 0 Å². The second kappa shape index (κ2) is 8.07. The highest BCUT2D eigenvalue weighted by Gasteiger charge is 2.17. The molecule has 0 aliphatic carbocycles. The van der Waals surface area contributed by atoms with Crippen molar-refractivity contribution in [3.8, 4) is 0 Å². The van der Waals surface area contributed by atoms with E-state index in [2.05, 4.69) is 4.74 Å². The van der Waals surface area contributed by atoms with E-state index in [1.54, 1.807) is 0 Å². The first-order valence-corrected chi connectivity index (χ1v) is 4.17. The van der Waals surface area contributed by atoms with E-state index >= 15 is 0 Å². The van der Waals surface area contributed by atoms with Gasteiger partial charge >= 0.3 is 6.04 Å². The van der Waals surface area contributed by atoms with Crippen LogP contribution in [0.4, 0.5) is 8.78 Å². The van der Waals surface area contributed by atoms with Crippen molar-refractivity contribution in [2.75, 3.05) is 26.5 Å². The minimum atomic E-state index is -1.78. The van der Waals surface area contributed by atoms with Gasteiger partial charge in [-0.15, -0.1) is 0 Å². The minimum absolute atomic E-state index is 0.0320. The Labute approximate surface area is 76.0 Å². The monoisotopic (exact) mass is 196 g/mol. The molecule has 1 atom stereocenters. The number of carbonyl (C=O) groups is 1. The summed E-state index contributed by atoms with van der Waals surface area (Å²) in [6.07, 6.45) is -0.709. The van der Waals surface area contributed by atoms with Crippen LogP contribution in [-0.4, -0.2) is 38.6 Å². The summed E-state index contributed by atoms with van der Waals surface area (Å²) in [5.74, 6) is 0. The van der Waals surface area contributed by atoms with Gasteiger partial charge in [-0.25, -0.2) is 4.39 Å². The molecule has 78 valence electrons. The van der Waals surface area contributed by atoms with Crippen LogP contribution < -0.4 is 0 Å². The van der Waals surface area contributed by atoms with Crippen molar-refractivity contribution >= 4 is 6.04 Å². The maximum absolute atomic E-state index is 11.9. The van der Waals surface area contributed by atoms with E-state index in [0.717, 1.165) is 6.42 Å². The molecule has 0 saturated heterocycles. The Morgan fingerprint density at radius 2 is 2.08 bits per heavy atom. The van der Waals surface area contributed by atoms with Crippen molar-refractivity contribution in [1.29, 1.82) is 0 Å². The van der Waals surface area contributed by atoms with Gasteiger partial charge in [0.15, 0.2) is 6.10 Å². The van der Waals surface area contributed by atoms with Crippen LogP contribution in [0.5, 0.6) is 0 Å². The second-order valence-electron chi connectivity index (χ2n) is 2.43. The molecule has 0 fully saturated rings. The van der Waals surface area contributed by atoms with Crippen LogP contribution in [0.2, 0.25) is 0 Å². The summed E-state index contributed by atoms with van der Waals surface area (Å²) in [5, 5.41) is 0. The number of hydrogen-bond acceptors (Lipinski definition) is 3. The third kappa shape index (κ3) is 6.60. The van der Waals surface area contributed by atoms with E-state index in [4.69, 9.17) is 4.74 Å². The zero-order valence-electron chi connectivity index (χ0n) is 7.59. The second-order valence-corrected chi connectivity index (χ2v) is 2.43. The number of alkyl halides is 1. The highest BCUT2D eigenvalue weighted by molar-refractivity contribution is 5.73. The van der Waals surface area contributed by atoms with Crippen LogP contribution in [0.1, 0.15) is 13.3 Å². The molecule has 0 amide bonds. The Hall–Kier alpha value is -0.550. The van der Waals surface area contributed by atoms with Crippen LogP contribution in [0.15, 0.2) is 0 Å². The van der Waals surface area contributed by atoms with E-state index in [1.807, 2.05) is 6.92 Å². The van der Waals surface area contributed by atoms with E-state index < -0.39 is 18.8 Å². The molecule has 0 aliphatic heterocycles. The molecule has 0 N–H and O–H groups in total. The highest BCUT2D eigenvalue weighted by Crippen LogP contribution is 1.96. The van der Waals surface area contributed by atoms with E-state index in [-0.39, 0.29) is 13.2 Å². The number of ether oxygens (including phenoxy) is 2. The van der Waals surface area contributed by atoms with Crippen LogP contribution in [0.25, 0.3) is 0 Å². The lowest BCUT2D eigenvalue weighted by Gasteiger charge is -2.08. The van der Waals surface area contributed by atoms with Crippen molar-refractivity contribution in [2.45, 2.75) is 19.4 Å². The Bertz CT molecular complexity index is 141. The SMILES string of the molecule is CCCOCCOC(CF)C(=O)F. The van der Waals surface area contributed by atoms with Gasteiger partial charge in [0.25, 0.3) is 0 Å². The molecule has 1 unspecified atom stereocenters. The summed E-state index contributed by atoms with van der Waals surface area (Å²) >= 11 is 0. The Balaban J connectivity index is 3.33. The molecule has 0 aromatic rings. The zero-order chi connectivity index (χ0) is 10.1. The molecule has 0 aromatic heterocycles. The van der Waals surface area contributed by atoms with E-state index in [9.17, 15) is 13.6 Å². The molecule has 3 nitrogen and oxygen atoms in total. The van der Waals surface area contributed by atoms with E-state index in [1.165, 1.54) is 0 Å². The van der Waals surface area contributed by atoms with Gasteiger partial charge in [0.1, 0.15) is 6.67 Å². The number of hydrogen-bond donors (Lipinski definition) is 0. The summed E-state index contributed by atoms with van der Waals surface area (Å²) in [7, 11) is 0. The Morgan fingerprint density at radius 1 is 1.38 bits per heavy atom. The molecule has 0 aromatic carbocycles. The summed E-state index contributed by atoms with van der Waals surface area (Å²) in [5.41, 5.74) is 0. The smallest absolute Gasteiger partial charge is 0.332 e. The van der Waals surface area contributed by atoms with Crippen molar-refractivity contribution in [3.05, 3.63) is 0 Å². The minimum Gasteiger partial charge on any atom is -0.379 e. The number of rotatable bonds is 8. The summed E-state index contributed by atoms with van der Waals surface area (Å²) < 4.78 is 33.3. The quantitative estimate of drug-likeness (QED) is 0.433. The average Bonchev–Trinajstić information content (AvgIpc) is 2.10. The Morgan fingerprint density at radius 3 is 2.54 bits per heavy atom. The molecular formula is C8H14F2O3. The van der Waals surface area contributed by atoms with Crippen LogP contribution in [0, 0.1) is 0 Å². The number of carbonyl (C=O) groups excluding carboxylic acids is 1. The van der Waals surface area contributed by atoms with E-state index in [0.29, 0.717) is 6.61 Å². The normalized spacial score (nSPS) is 12.8. The summed E-state index contributed by atoms with van der Waals surface area (Å²) in [6, 6.07) is -1.78. The summed E-state index contributed by atoms with van der Waals surface area (Å²) in [4.78, 5) is 10.0. The molecular weight excluding hydrogens is 182 g/mol. The first-order valence-electron chi connectivity index (χ1n) is 4.17. The van der Waals surface area contributed by atoms with Gasteiger partial charge in [-0.1, -0.05) is 6.92 Å². The molecule has 5 heteroatoms. The van der Waals surface area contributed by atoms with Gasteiger partial charge < -0.3 is 9.47 Å². The summed E-state index contributed by atoms with van der Waals surface area (Å²) in [6.45, 7) is 1.66. The molecule has 0 heterocycles. The van der Waals surface area contributed by atoms with Crippen LogP contribution in [-0.2, 0) is 14.3 Å². The molecule has 0 aliphatic rings. The maximum atomic E-state index is 11.9. The van der Waals surface area contributed by atoms with Gasteiger partial charge in [0, 0.05) is 6.61 Å². The van der Waals surface area contributed by atoms with Gasteiger partial charge in [0.05, 0.1) is 13.2 Å². The lowest BCUT2D eigenvalue weighted by molar-refractivity contribution is -0.143. The Kier molecular flexibility index (Phi) is 7.73. The first-order chi connectivity index (χ1) is 6.22. The molecule has 0 radical (unpaired) electrons. The predicted molar refractivity (Wildman–Crippen MR) is 42.9 cm³/mol. The molecule has 0 saturated carbocycles. The molecule has 13 heavy (non-hydrogen) atoms. The van der Waals surface area contributed by atoms with Crippen molar-refractivity contribution in [3.63, 3.8) is 0 Å². The topological polar surface area (TPSA) is 35.5 Å². The van der Waals surface area contributed by atoms with Gasteiger partial charge in [-0.3, -0.25) is 4.79 Å². The maximum Gasteiger partial charge on any atom is 0.332 e. The van der Waals surface area contributed by atoms with Crippen LogP contribution in [0.3, 0.4) is 0 Å². The van der Waals surface area contributed by atoms with Crippen molar-refractivity contribution in [1.82, 2.24) is 0 Å². The zero-order valence-corrected chi connectivity index (χ0v) is 7.59. The fourth-order valence-electron chi connectivity index (χ4n) is 0.666. The lowest BCUT2D eigenvalue weighted by Crippen LogP contribution is -2.25. The predicted octanol–water partition coefficient (Wildman–Crippen LogP) is 1.26. The van der Waals surface area contributed by atoms with Gasteiger partial charge in [-0.2, -0.15) is 4.39 Å². The largest absolute Gasteiger partial charge is 0.379 e. The van der Waals surface area contributed by atoms with Crippen molar-refractivity contribution < 1.29 is 23.0 Å². The molecule has 0 spiro atoms. The first kappa shape index (κ1) is 12.4. The number of halogens is 2. The standard InChI is InChI=1S/C8H14F2O3/c1-2-3-12-4-5-13-7(6-9)8(10)11/h7H,2-6H2,1H3. The fourth-order valence-corrected chi connectivity index (χ4v) is 0.666. The van der Waals surface area contributed by atoms with Crippen LogP contribution >= 0.6 is 0 Å².